The molecule has 0 amide bonds. The van der Waals surface area contributed by atoms with E-state index in [0.29, 0.717) is 6.04 Å². The SMILES string of the molecule is COCC(CNC1CC1)N1CCN(c2ccccn2)CC1. The van der Waals surface area contributed by atoms with Crippen LogP contribution in [0.25, 0.3) is 0 Å². The summed E-state index contributed by atoms with van der Waals surface area (Å²) in [6.45, 7) is 6.10. The summed E-state index contributed by atoms with van der Waals surface area (Å²) in [5, 5.41) is 3.63. The van der Waals surface area contributed by atoms with Crippen LogP contribution >= 0.6 is 0 Å². The molecule has 0 bridgehead atoms. The highest BCUT2D eigenvalue weighted by atomic mass is 16.5. The molecule has 21 heavy (non-hydrogen) atoms. The van der Waals surface area contributed by atoms with Gasteiger partial charge in [0.25, 0.3) is 0 Å². The number of nitrogens with one attached hydrogen (secondary N) is 1. The van der Waals surface area contributed by atoms with Crippen LogP contribution < -0.4 is 10.2 Å². The second-order valence-electron chi connectivity index (χ2n) is 6.00. The van der Waals surface area contributed by atoms with Crippen molar-refractivity contribution in [3.63, 3.8) is 0 Å². The molecular formula is C16H26N4O. The number of methoxy groups -OCH3 is 1. The fraction of sp³-hybridized carbons (Fsp3) is 0.688. The zero-order chi connectivity index (χ0) is 14.5. The van der Waals surface area contributed by atoms with Gasteiger partial charge < -0.3 is 15.0 Å². The van der Waals surface area contributed by atoms with Crippen LogP contribution in [0.3, 0.4) is 0 Å². The van der Waals surface area contributed by atoms with E-state index in [2.05, 4.69) is 32.2 Å². The van der Waals surface area contributed by atoms with Crippen molar-refractivity contribution in [1.82, 2.24) is 15.2 Å². The molecule has 2 heterocycles. The number of rotatable bonds is 7. The predicted octanol–water partition coefficient (Wildman–Crippen LogP) is 0.971. The van der Waals surface area contributed by atoms with Crippen LogP contribution in [0.2, 0.25) is 0 Å². The summed E-state index contributed by atoms with van der Waals surface area (Å²) in [6, 6.07) is 7.37. The number of anilines is 1. The van der Waals surface area contributed by atoms with Crippen molar-refractivity contribution in [1.29, 1.82) is 0 Å². The Morgan fingerprint density at radius 2 is 2.10 bits per heavy atom. The van der Waals surface area contributed by atoms with Crippen molar-refractivity contribution in [2.45, 2.75) is 24.9 Å². The Morgan fingerprint density at radius 3 is 2.71 bits per heavy atom. The Labute approximate surface area is 127 Å². The van der Waals surface area contributed by atoms with E-state index in [-0.39, 0.29) is 0 Å². The Kier molecular flexibility index (Phi) is 5.06. The first-order valence-corrected chi connectivity index (χ1v) is 7.99. The average molecular weight is 290 g/mol. The molecule has 5 nitrogen and oxygen atoms in total. The second kappa shape index (κ2) is 7.20. The number of hydrogen-bond donors (Lipinski definition) is 1. The molecule has 116 valence electrons. The first kappa shape index (κ1) is 14.8. The molecule has 1 saturated heterocycles. The van der Waals surface area contributed by atoms with Crippen LogP contribution in [-0.2, 0) is 4.74 Å². The van der Waals surface area contributed by atoms with E-state index in [4.69, 9.17) is 4.74 Å². The third kappa shape index (κ3) is 4.15. The quantitative estimate of drug-likeness (QED) is 0.810. The maximum Gasteiger partial charge on any atom is 0.128 e. The van der Waals surface area contributed by atoms with Gasteiger partial charge in [-0.05, 0) is 25.0 Å². The fourth-order valence-corrected chi connectivity index (χ4v) is 2.93. The van der Waals surface area contributed by atoms with Crippen molar-refractivity contribution < 1.29 is 4.74 Å². The first-order valence-electron chi connectivity index (χ1n) is 7.99. The fourth-order valence-electron chi connectivity index (χ4n) is 2.93. The minimum atomic E-state index is 0.487. The van der Waals surface area contributed by atoms with Gasteiger partial charge in [0.15, 0.2) is 0 Å². The standard InChI is InChI=1S/C16H26N4O/c1-21-13-15(12-18-14-5-6-14)19-8-10-20(11-9-19)16-4-2-3-7-17-16/h2-4,7,14-15,18H,5-6,8-13H2,1H3. The topological polar surface area (TPSA) is 40.6 Å². The van der Waals surface area contributed by atoms with Crippen molar-refractivity contribution in [2.24, 2.45) is 0 Å². The average Bonchev–Trinajstić information content (AvgIpc) is 3.37. The maximum atomic E-state index is 5.41. The Balaban J connectivity index is 1.50. The zero-order valence-corrected chi connectivity index (χ0v) is 12.9. The van der Waals surface area contributed by atoms with Crippen LogP contribution in [0.5, 0.6) is 0 Å². The minimum absolute atomic E-state index is 0.487. The molecule has 1 aliphatic carbocycles. The van der Waals surface area contributed by atoms with Gasteiger partial charge in [-0.1, -0.05) is 6.07 Å². The minimum Gasteiger partial charge on any atom is -0.383 e. The van der Waals surface area contributed by atoms with Crippen LogP contribution in [0.4, 0.5) is 5.82 Å². The molecule has 1 aromatic rings. The molecular weight excluding hydrogens is 264 g/mol. The van der Waals surface area contributed by atoms with Gasteiger partial charge in [0, 0.05) is 58.1 Å². The maximum absolute atomic E-state index is 5.41. The number of pyridine rings is 1. The third-order valence-corrected chi connectivity index (χ3v) is 4.38. The summed E-state index contributed by atoms with van der Waals surface area (Å²) in [4.78, 5) is 9.37. The number of piperazine rings is 1. The zero-order valence-electron chi connectivity index (χ0n) is 12.9. The number of nitrogens with zero attached hydrogens (tertiary/aromatic N) is 3. The molecule has 2 aliphatic rings. The number of hydrogen-bond acceptors (Lipinski definition) is 5. The van der Waals surface area contributed by atoms with Crippen LogP contribution in [0.1, 0.15) is 12.8 Å². The highest BCUT2D eigenvalue weighted by Gasteiger charge is 2.27. The molecule has 1 aliphatic heterocycles. The smallest absolute Gasteiger partial charge is 0.128 e. The van der Waals surface area contributed by atoms with Gasteiger partial charge in [-0.25, -0.2) is 4.98 Å². The van der Waals surface area contributed by atoms with Gasteiger partial charge in [-0.2, -0.15) is 0 Å². The lowest BCUT2D eigenvalue weighted by molar-refractivity contribution is 0.0848. The summed E-state index contributed by atoms with van der Waals surface area (Å²) in [5.74, 6) is 1.09. The molecule has 2 fully saturated rings. The van der Waals surface area contributed by atoms with E-state index in [1.165, 1.54) is 12.8 Å². The summed E-state index contributed by atoms with van der Waals surface area (Å²) in [7, 11) is 1.80. The summed E-state index contributed by atoms with van der Waals surface area (Å²) in [6.07, 6.45) is 4.55. The van der Waals surface area contributed by atoms with E-state index in [9.17, 15) is 0 Å². The van der Waals surface area contributed by atoms with Gasteiger partial charge in [-0.15, -0.1) is 0 Å². The Bertz CT molecular complexity index is 416. The molecule has 1 atom stereocenters. The molecule has 1 N–H and O–H groups in total. The summed E-state index contributed by atoms with van der Waals surface area (Å²) < 4.78 is 5.41. The second-order valence-corrected chi connectivity index (χ2v) is 6.00. The van der Waals surface area contributed by atoms with Crippen LogP contribution in [0, 0.1) is 0 Å². The summed E-state index contributed by atoms with van der Waals surface area (Å²) >= 11 is 0. The predicted molar refractivity (Wildman–Crippen MR) is 84.7 cm³/mol. The van der Waals surface area contributed by atoms with E-state index in [0.717, 1.165) is 51.2 Å². The molecule has 0 radical (unpaired) electrons. The molecule has 0 aromatic carbocycles. The third-order valence-electron chi connectivity index (χ3n) is 4.38. The molecule has 1 unspecified atom stereocenters. The lowest BCUT2D eigenvalue weighted by Crippen LogP contribution is -2.54. The van der Waals surface area contributed by atoms with E-state index >= 15 is 0 Å². The summed E-state index contributed by atoms with van der Waals surface area (Å²) in [5.41, 5.74) is 0. The Morgan fingerprint density at radius 1 is 1.29 bits per heavy atom. The van der Waals surface area contributed by atoms with Crippen LogP contribution in [-0.4, -0.2) is 68.4 Å². The number of aromatic nitrogens is 1. The van der Waals surface area contributed by atoms with Gasteiger partial charge in [-0.3, -0.25) is 4.90 Å². The lowest BCUT2D eigenvalue weighted by Gasteiger charge is -2.39. The van der Waals surface area contributed by atoms with Crippen molar-refractivity contribution in [3.8, 4) is 0 Å². The first-order chi connectivity index (χ1) is 10.4. The highest BCUT2D eigenvalue weighted by molar-refractivity contribution is 5.38. The Hall–Kier alpha value is -1.17. The van der Waals surface area contributed by atoms with E-state index < -0.39 is 0 Å². The van der Waals surface area contributed by atoms with Crippen molar-refractivity contribution in [2.75, 3.05) is 51.3 Å². The van der Waals surface area contributed by atoms with Gasteiger partial charge in [0.1, 0.15) is 5.82 Å². The van der Waals surface area contributed by atoms with Gasteiger partial charge in [0.05, 0.1) is 6.61 Å². The number of ether oxygens (including phenoxy) is 1. The van der Waals surface area contributed by atoms with Crippen molar-refractivity contribution in [3.05, 3.63) is 24.4 Å². The molecule has 5 heteroatoms. The molecule has 1 saturated carbocycles. The molecule has 1 aromatic heterocycles. The van der Waals surface area contributed by atoms with E-state index in [1.807, 2.05) is 12.3 Å². The van der Waals surface area contributed by atoms with Gasteiger partial charge in [0.2, 0.25) is 0 Å². The molecule has 0 spiro atoms. The lowest BCUT2D eigenvalue weighted by atomic mass is 10.2. The van der Waals surface area contributed by atoms with E-state index in [1.54, 1.807) is 7.11 Å². The highest BCUT2D eigenvalue weighted by Crippen LogP contribution is 2.19. The largest absolute Gasteiger partial charge is 0.383 e. The molecule has 3 rings (SSSR count). The normalized spacial score (nSPS) is 21.5. The van der Waals surface area contributed by atoms with Crippen molar-refractivity contribution >= 4 is 5.82 Å². The monoisotopic (exact) mass is 290 g/mol. The van der Waals surface area contributed by atoms with Gasteiger partial charge >= 0.3 is 0 Å². The van der Waals surface area contributed by atoms with Crippen LogP contribution in [0.15, 0.2) is 24.4 Å².